The van der Waals surface area contributed by atoms with Crippen LogP contribution in [0.3, 0.4) is 0 Å². The first-order valence-corrected chi connectivity index (χ1v) is 8.41. The maximum Gasteiger partial charge on any atom is 0.0105 e. The molecule has 1 fully saturated rings. The van der Waals surface area contributed by atoms with E-state index in [1.165, 1.54) is 44.5 Å². The first-order valence-electron chi connectivity index (χ1n) is 7.02. The third-order valence-corrected chi connectivity index (χ3v) is 4.75. The Morgan fingerprint density at radius 1 is 1.35 bits per heavy atom. The van der Waals surface area contributed by atoms with Gasteiger partial charge in [0.25, 0.3) is 0 Å². The van der Waals surface area contributed by atoms with Crippen LogP contribution in [0.5, 0.6) is 0 Å². The highest BCUT2D eigenvalue weighted by molar-refractivity contribution is 7.98. The lowest BCUT2D eigenvalue weighted by molar-refractivity contribution is 0.165. The monoisotopic (exact) mass is 258 g/mol. The summed E-state index contributed by atoms with van der Waals surface area (Å²) in [5.41, 5.74) is 0. The Labute approximate surface area is 112 Å². The van der Waals surface area contributed by atoms with Crippen molar-refractivity contribution in [2.24, 2.45) is 11.8 Å². The van der Waals surface area contributed by atoms with Gasteiger partial charge in [-0.2, -0.15) is 11.8 Å². The van der Waals surface area contributed by atoms with Crippen molar-refractivity contribution in [3.05, 3.63) is 0 Å². The van der Waals surface area contributed by atoms with E-state index in [2.05, 4.69) is 37.5 Å². The molecule has 1 saturated carbocycles. The zero-order valence-corrected chi connectivity index (χ0v) is 12.9. The van der Waals surface area contributed by atoms with Crippen molar-refractivity contribution < 1.29 is 0 Å². The highest BCUT2D eigenvalue weighted by atomic mass is 32.2. The van der Waals surface area contributed by atoms with Crippen molar-refractivity contribution in [3.63, 3.8) is 0 Å². The fraction of sp³-hybridized carbons (Fsp3) is 1.00. The van der Waals surface area contributed by atoms with Gasteiger partial charge in [-0.05, 0) is 70.2 Å². The second kappa shape index (κ2) is 8.39. The van der Waals surface area contributed by atoms with Crippen LogP contribution in [0.4, 0.5) is 0 Å². The first-order chi connectivity index (χ1) is 8.17. The van der Waals surface area contributed by atoms with Crippen molar-refractivity contribution >= 4 is 11.8 Å². The van der Waals surface area contributed by atoms with E-state index < -0.39 is 0 Å². The van der Waals surface area contributed by atoms with E-state index in [4.69, 9.17) is 0 Å². The Morgan fingerprint density at radius 2 is 2.12 bits per heavy atom. The number of nitrogens with one attached hydrogen (secondary N) is 1. The second-order valence-corrected chi connectivity index (χ2v) is 6.67. The normalized spacial score (nSPS) is 29.8. The molecule has 0 amide bonds. The van der Waals surface area contributed by atoms with Crippen LogP contribution in [0.1, 0.15) is 32.6 Å². The van der Waals surface area contributed by atoms with Gasteiger partial charge in [0.2, 0.25) is 0 Å². The van der Waals surface area contributed by atoms with Crippen LogP contribution in [0, 0.1) is 11.8 Å². The molecule has 17 heavy (non-hydrogen) atoms. The summed E-state index contributed by atoms with van der Waals surface area (Å²) in [6.45, 7) is 4.93. The van der Waals surface area contributed by atoms with Crippen molar-refractivity contribution in [2.45, 2.75) is 38.6 Å². The van der Waals surface area contributed by atoms with Gasteiger partial charge in [-0.3, -0.25) is 0 Å². The molecule has 102 valence electrons. The Kier molecular flexibility index (Phi) is 7.56. The van der Waals surface area contributed by atoms with Gasteiger partial charge in [0.05, 0.1) is 0 Å². The number of rotatable bonds is 7. The summed E-state index contributed by atoms with van der Waals surface area (Å²) in [6.07, 6.45) is 7.68. The van der Waals surface area contributed by atoms with Crippen LogP contribution < -0.4 is 5.32 Å². The Hall–Kier alpha value is 0.270. The number of nitrogens with zero attached hydrogens (tertiary/aromatic N) is 1. The quantitative estimate of drug-likeness (QED) is 0.707. The minimum Gasteiger partial charge on any atom is -0.317 e. The molecule has 0 aromatic carbocycles. The van der Waals surface area contributed by atoms with E-state index in [-0.39, 0.29) is 0 Å². The van der Waals surface area contributed by atoms with E-state index in [1.54, 1.807) is 0 Å². The topological polar surface area (TPSA) is 15.3 Å². The lowest BCUT2D eigenvalue weighted by Gasteiger charge is -2.37. The molecule has 0 radical (unpaired) electrons. The van der Waals surface area contributed by atoms with Gasteiger partial charge in [-0.25, -0.2) is 0 Å². The third kappa shape index (κ3) is 5.62. The maximum absolute atomic E-state index is 3.52. The minimum atomic E-state index is 0.745. The Morgan fingerprint density at radius 3 is 2.76 bits per heavy atom. The molecule has 0 aromatic rings. The molecule has 2 nitrogen and oxygen atoms in total. The Balaban J connectivity index is 2.30. The van der Waals surface area contributed by atoms with E-state index in [0.29, 0.717) is 0 Å². The molecule has 1 aliphatic rings. The van der Waals surface area contributed by atoms with Crippen molar-refractivity contribution in [2.75, 3.05) is 39.2 Å². The summed E-state index contributed by atoms with van der Waals surface area (Å²) >= 11 is 1.96. The largest absolute Gasteiger partial charge is 0.317 e. The first kappa shape index (κ1) is 15.3. The van der Waals surface area contributed by atoms with Crippen molar-refractivity contribution in [1.82, 2.24) is 10.2 Å². The molecule has 3 unspecified atom stereocenters. The molecule has 0 aliphatic heterocycles. The van der Waals surface area contributed by atoms with Crippen LogP contribution in [-0.2, 0) is 0 Å². The van der Waals surface area contributed by atoms with Crippen molar-refractivity contribution in [3.8, 4) is 0 Å². The molecule has 1 aliphatic carbocycles. The smallest absolute Gasteiger partial charge is 0.0105 e. The van der Waals surface area contributed by atoms with Crippen molar-refractivity contribution in [1.29, 1.82) is 0 Å². The van der Waals surface area contributed by atoms with Gasteiger partial charge in [-0.1, -0.05) is 6.92 Å². The average molecular weight is 258 g/mol. The molecular formula is C14H30N2S. The molecule has 1 N–H and O–H groups in total. The van der Waals surface area contributed by atoms with Gasteiger partial charge in [0.1, 0.15) is 0 Å². The Bertz CT molecular complexity index is 199. The van der Waals surface area contributed by atoms with E-state index in [9.17, 15) is 0 Å². The lowest BCUT2D eigenvalue weighted by Crippen LogP contribution is -2.43. The SMILES string of the molecule is CNC1CCC(C)CC1CN(C)CCCSC. The van der Waals surface area contributed by atoms with Gasteiger partial charge < -0.3 is 10.2 Å². The predicted molar refractivity (Wildman–Crippen MR) is 79.8 cm³/mol. The third-order valence-electron chi connectivity index (χ3n) is 4.05. The summed E-state index contributed by atoms with van der Waals surface area (Å²) in [7, 11) is 4.41. The predicted octanol–water partition coefficient (Wildman–Crippen LogP) is 2.70. The fourth-order valence-electron chi connectivity index (χ4n) is 3.05. The van der Waals surface area contributed by atoms with E-state index >= 15 is 0 Å². The summed E-state index contributed by atoms with van der Waals surface area (Å²) in [4.78, 5) is 2.53. The molecule has 0 saturated heterocycles. The highest BCUT2D eigenvalue weighted by Gasteiger charge is 2.28. The van der Waals surface area contributed by atoms with E-state index in [1.807, 2.05) is 11.8 Å². The summed E-state index contributed by atoms with van der Waals surface area (Å²) in [6, 6.07) is 0.745. The zero-order chi connectivity index (χ0) is 12.7. The molecule has 0 spiro atoms. The summed E-state index contributed by atoms with van der Waals surface area (Å²) in [5.74, 6) is 3.06. The lowest BCUT2D eigenvalue weighted by atomic mass is 9.78. The molecule has 0 bridgehead atoms. The van der Waals surface area contributed by atoms with Gasteiger partial charge >= 0.3 is 0 Å². The second-order valence-electron chi connectivity index (χ2n) is 5.68. The highest BCUT2D eigenvalue weighted by Crippen LogP contribution is 2.29. The van der Waals surface area contributed by atoms with Crippen LogP contribution in [-0.4, -0.2) is 50.1 Å². The molecular weight excluding hydrogens is 228 g/mol. The van der Waals surface area contributed by atoms with Gasteiger partial charge in [0.15, 0.2) is 0 Å². The van der Waals surface area contributed by atoms with Gasteiger partial charge in [-0.15, -0.1) is 0 Å². The molecule has 1 rings (SSSR count). The molecule has 0 heterocycles. The molecule has 3 atom stereocenters. The van der Waals surface area contributed by atoms with E-state index in [0.717, 1.165) is 17.9 Å². The molecule has 3 heteroatoms. The zero-order valence-electron chi connectivity index (χ0n) is 12.0. The number of hydrogen-bond donors (Lipinski definition) is 1. The minimum absolute atomic E-state index is 0.745. The number of hydrogen-bond acceptors (Lipinski definition) is 3. The maximum atomic E-state index is 3.52. The summed E-state index contributed by atoms with van der Waals surface area (Å²) < 4.78 is 0. The van der Waals surface area contributed by atoms with Gasteiger partial charge in [0, 0.05) is 12.6 Å². The fourth-order valence-corrected chi connectivity index (χ4v) is 3.47. The van der Waals surface area contributed by atoms with Crippen LogP contribution in [0.25, 0.3) is 0 Å². The van der Waals surface area contributed by atoms with Crippen LogP contribution in [0.15, 0.2) is 0 Å². The summed E-state index contributed by atoms with van der Waals surface area (Å²) in [5, 5.41) is 3.52. The van der Waals surface area contributed by atoms with Crippen LogP contribution in [0.2, 0.25) is 0 Å². The molecule has 0 aromatic heterocycles. The standard InChI is InChI=1S/C14H30N2S/c1-12-6-7-14(15-2)13(10-12)11-16(3)8-5-9-17-4/h12-15H,5-11H2,1-4H3. The van der Waals surface area contributed by atoms with Crippen LogP contribution >= 0.6 is 11.8 Å². The number of thioether (sulfide) groups is 1. The average Bonchev–Trinajstić information content (AvgIpc) is 2.29.